The minimum Gasteiger partial charge on any atom is -0.477 e. The molecule has 1 aliphatic heterocycles. The van der Waals surface area contributed by atoms with E-state index in [0.29, 0.717) is 5.65 Å². The minimum absolute atomic E-state index is 0.0208. The average Bonchev–Trinajstić information content (AvgIpc) is 3.00. The van der Waals surface area contributed by atoms with Gasteiger partial charge in [0.1, 0.15) is 0 Å². The van der Waals surface area contributed by atoms with E-state index in [2.05, 4.69) is 23.7 Å². The Morgan fingerprint density at radius 3 is 2.64 bits per heavy atom. The number of carboxylic acid groups (broad SMARTS) is 1. The molecular weight excluding hydrogens is 356 g/mol. The molecule has 0 atom stereocenters. The molecule has 2 aromatic heterocycles. The van der Waals surface area contributed by atoms with E-state index >= 15 is 0 Å². The largest absolute Gasteiger partial charge is 0.477 e. The number of carboxylic acids is 1. The van der Waals surface area contributed by atoms with E-state index in [0.717, 1.165) is 41.1 Å². The van der Waals surface area contributed by atoms with Gasteiger partial charge in [0.05, 0.1) is 28.6 Å². The van der Waals surface area contributed by atoms with Gasteiger partial charge >= 0.3 is 5.97 Å². The number of methoxy groups -OCH3 is 1. The third-order valence-corrected chi connectivity index (χ3v) is 5.18. The van der Waals surface area contributed by atoms with Gasteiger partial charge in [0.15, 0.2) is 11.3 Å². The van der Waals surface area contributed by atoms with Crippen LogP contribution in [0, 0.1) is 6.92 Å². The van der Waals surface area contributed by atoms with E-state index in [4.69, 9.17) is 9.84 Å². The highest BCUT2D eigenvalue weighted by molar-refractivity contribution is 5.98. The molecule has 1 saturated heterocycles. The van der Waals surface area contributed by atoms with Gasteiger partial charge in [-0.3, -0.25) is 0 Å². The number of fused-ring (bicyclic) bond motifs is 1. The first-order valence-electron chi connectivity index (χ1n) is 9.40. The maximum Gasteiger partial charge on any atom is 0.354 e. The number of aromatic nitrogens is 3. The summed E-state index contributed by atoms with van der Waals surface area (Å²) in [7, 11) is 1.70. The van der Waals surface area contributed by atoms with E-state index in [1.54, 1.807) is 17.9 Å². The van der Waals surface area contributed by atoms with Crippen molar-refractivity contribution in [3.8, 4) is 5.69 Å². The van der Waals surface area contributed by atoms with Crippen LogP contribution in [0.4, 0.5) is 5.69 Å². The third kappa shape index (κ3) is 3.01. The topological polar surface area (TPSA) is 80.5 Å². The molecule has 7 heteroatoms. The normalized spacial score (nSPS) is 14.7. The fraction of sp³-hybridized carbons (Fsp3) is 0.381. The van der Waals surface area contributed by atoms with Crippen molar-refractivity contribution in [3.63, 3.8) is 0 Å². The Labute approximate surface area is 163 Å². The molecule has 0 amide bonds. The molecule has 0 radical (unpaired) electrons. The molecule has 3 heterocycles. The summed E-state index contributed by atoms with van der Waals surface area (Å²) in [5.41, 5.74) is 4.34. The first-order chi connectivity index (χ1) is 13.4. The van der Waals surface area contributed by atoms with E-state index in [1.165, 1.54) is 0 Å². The van der Waals surface area contributed by atoms with Crippen molar-refractivity contribution < 1.29 is 14.6 Å². The third-order valence-electron chi connectivity index (χ3n) is 5.18. The van der Waals surface area contributed by atoms with Crippen LogP contribution in [0.2, 0.25) is 0 Å². The lowest BCUT2D eigenvalue weighted by atomic mass is 10.0. The second kappa shape index (κ2) is 6.91. The summed E-state index contributed by atoms with van der Waals surface area (Å²) in [5, 5.41) is 15.4. The SMILES string of the molecule is COC1CN(c2cc(C(=O)O)nc3c2c(C(C)C)nn3-c2cccc(C)c2)C1. The number of rotatable bonds is 5. The van der Waals surface area contributed by atoms with Gasteiger partial charge in [0, 0.05) is 20.2 Å². The molecule has 0 saturated carbocycles. The molecule has 1 aromatic carbocycles. The fourth-order valence-corrected chi connectivity index (χ4v) is 3.61. The lowest BCUT2D eigenvalue weighted by Crippen LogP contribution is -2.52. The molecular formula is C21H24N4O3. The first-order valence-corrected chi connectivity index (χ1v) is 9.40. The number of ether oxygens (including phenoxy) is 1. The average molecular weight is 380 g/mol. The summed E-state index contributed by atoms with van der Waals surface area (Å²) in [6.45, 7) is 7.64. The summed E-state index contributed by atoms with van der Waals surface area (Å²) in [4.78, 5) is 18.4. The van der Waals surface area contributed by atoms with Crippen LogP contribution < -0.4 is 4.90 Å². The highest BCUT2D eigenvalue weighted by Gasteiger charge is 2.31. The second-order valence-electron chi connectivity index (χ2n) is 7.58. The molecule has 1 N–H and O–H groups in total. The number of hydrogen-bond donors (Lipinski definition) is 1. The Bertz CT molecular complexity index is 1050. The highest BCUT2D eigenvalue weighted by Crippen LogP contribution is 2.36. The number of hydrogen-bond acceptors (Lipinski definition) is 5. The van der Waals surface area contributed by atoms with Gasteiger partial charge < -0.3 is 14.7 Å². The molecule has 146 valence electrons. The molecule has 4 rings (SSSR count). The van der Waals surface area contributed by atoms with Crippen LogP contribution in [-0.2, 0) is 4.74 Å². The van der Waals surface area contributed by atoms with Crippen molar-refractivity contribution in [1.29, 1.82) is 0 Å². The lowest BCUT2D eigenvalue weighted by Gasteiger charge is -2.40. The van der Waals surface area contributed by atoms with Crippen LogP contribution in [0.3, 0.4) is 0 Å². The van der Waals surface area contributed by atoms with Crippen LogP contribution >= 0.6 is 0 Å². The zero-order valence-electron chi connectivity index (χ0n) is 16.5. The molecule has 0 spiro atoms. The van der Waals surface area contributed by atoms with Crippen LogP contribution in [0.15, 0.2) is 30.3 Å². The number of carbonyl (C=O) groups is 1. The molecule has 0 unspecified atom stereocenters. The van der Waals surface area contributed by atoms with Crippen molar-refractivity contribution in [2.45, 2.75) is 32.8 Å². The summed E-state index contributed by atoms with van der Waals surface area (Å²) in [6, 6.07) is 9.63. The van der Waals surface area contributed by atoms with Crippen molar-refractivity contribution in [2.75, 3.05) is 25.1 Å². The van der Waals surface area contributed by atoms with Gasteiger partial charge in [-0.1, -0.05) is 26.0 Å². The van der Waals surface area contributed by atoms with Crippen LogP contribution in [0.5, 0.6) is 0 Å². The zero-order valence-corrected chi connectivity index (χ0v) is 16.5. The molecule has 1 fully saturated rings. The Hall–Kier alpha value is -2.93. The van der Waals surface area contributed by atoms with Crippen molar-refractivity contribution >= 4 is 22.7 Å². The van der Waals surface area contributed by atoms with Gasteiger partial charge in [-0.15, -0.1) is 0 Å². The standard InChI is InChI=1S/C21H24N4O3/c1-12(2)19-18-17(24-10-15(11-24)28-4)9-16(21(26)27)22-20(18)25(23-19)14-7-5-6-13(3)8-14/h5-9,12,15H,10-11H2,1-4H3,(H,26,27). The fourth-order valence-electron chi connectivity index (χ4n) is 3.61. The van der Waals surface area contributed by atoms with Gasteiger partial charge in [-0.2, -0.15) is 5.10 Å². The predicted octanol–water partition coefficient (Wildman–Crippen LogP) is 3.39. The van der Waals surface area contributed by atoms with Gasteiger partial charge in [-0.05, 0) is 36.6 Å². The minimum atomic E-state index is -1.05. The van der Waals surface area contributed by atoms with E-state index in [1.807, 2.05) is 31.2 Å². The zero-order chi connectivity index (χ0) is 20.0. The number of benzene rings is 1. The number of pyridine rings is 1. The van der Waals surface area contributed by atoms with E-state index < -0.39 is 5.97 Å². The van der Waals surface area contributed by atoms with Crippen LogP contribution in [-0.4, -0.2) is 52.1 Å². The van der Waals surface area contributed by atoms with E-state index in [9.17, 15) is 9.90 Å². The van der Waals surface area contributed by atoms with Crippen molar-refractivity contribution in [1.82, 2.24) is 14.8 Å². The number of nitrogens with zero attached hydrogens (tertiary/aromatic N) is 4. The first kappa shape index (κ1) is 18.4. The highest BCUT2D eigenvalue weighted by atomic mass is 16.5. The number of aromatic carboxylic acids is 1. The second-order valence-corrected chi connectivity index (χ2v) is 7.58. The predicted molar refractivity (Wildman–Crippen MR) is 108 cm³/mol. The van der Waals surface area contributed by atoms with Crippen molar-refractivity contribution in [3.05, 3.63) is 47.3 Å². The maximum absolute atomic E-state index is 11.8. The number of aryl methyl sites for hydroxylation is 1. The Morgan fingerprint density at radius 2 is 2.04 bits per heavy atom. The molecule has 1 aliphatic rings. The summed E-state index contributed by atoms with van der Waals surface area (Å²) in [6.07, 6.45) is 0.158. The summed E-state index contributed by atoms with van der Waals surface area (Å²) >= 11 is 0. The van der Waals surface area contributed by atoms with Gasteiger partial charge in [0.25, 0.3) is 0 Å². The van der Waals surface area contributed by atoms with Crippen molar-refractivity contribution in [2.24, 2.45) is 0 Å². The van der Waals surface area contributed by atoms with Gasteiger partial charge in [0.2, 0.25) is 0 Å². The smallest absolute Gasteiger partial charge is 0.354 e. The van der Waals surface area contributed by atoms with E-state index in [-0.39, 0.29) is 17.7 Å². The monoisotopic (exact) mass is 380 g/mol. The summed E-state index contributed by atoms with van der Waals surface area (Å²) in [5.74, 6) is -0.876. The molecule has 28 heavy (non-hydrogen) atoms. The molecule has 0 bridgehead atoms. The molecule has 0 aliphatic carbocycles. The quantitative estimate of drug-likeness (QED) is 0.731. The van der Waals surface area contributed by atoms with Crippen LogP contribution in [0.1, 0.15) is 41.5 Å². The Morgan fingerprint density at radius 1 is 1.29 bits per heavy atom. The molecule has 3 aromatic rings. The van der Waals surface area contributed by atoms with Crippen LogP contribution in [0.25, 0.3) is 16.7 Å². The molecule has 7 nitrogen and oxygen atoms in total. The lowest BCUT2D eigenvalue weighted by molar-refractivity contribution is 0.0690. The maximum atomic E-state index is 11.8. The summed E-state index contributed by atoms with van der Waals surface area (Å²) < 4.78 is 7.16. The Balaban J connectivity index is 1.99. The van der Waals surface area contributed by atoms with Gasteiger partial charge in [-0.25, -0.2) is 14.5 Å². The number of anilines is 1. The Kier molecular flexibility index (Phi) is 4.55.